The molecule has 1 heterocycles. The smallest absolute Gasteiger partial charge is 0.336 e. The van der Waals surface area contributed by atoms with E-state index in [0.29, 0.717) is 30.1 Å². The summed E-state index contributed by atoms with van der Waals surface area (Å²) in [5.41, 5.74) is 0.462. The van der Waals surface area contributed by atoms with Crippen molar-refractivity contribution in [3.8, 4) is 0 Å². The molecular formula is C29H36F4N2O. The predicted molar refractivity (Wildman–Crippen MR) is 133 cm³/mol. The van der Waals surface area contributed by atoms with Crippen LogP contribution in [0.2, 0.25) is 0 Å². The van der Waals surface area contributed by atoms with Gasteiger partial charge in [0.2, 0.25) is 0 Å². The average Bonchev–Trinajstić information content (AvgIpc) is 3.25. The minimum absolute atomic E-state index is 0.00359. The largest absolute Gasteiger partial charge is 0.416 e. The Morgan fingerprint density at radius 3 is 2.36 bits per heavy atom. The molecule has 2 aromatic rings. The zero-order chi connectivity index (χ0) is 25.9. The average molecular weight is 505 g/mol. The zero-order valence-electron chi connectivity index (χ0n) is 21.1. The van der Waals surface area contributed by atoms with Gasteiger partial charge < -0.3 is 9.80 Å². The third-order valence-electron chi connectivity index (χ3n) is 7.81. The highest BCUT2D eigenvalue weighted by atomic mass is 19.4. The summed E-state index contributed by atoms with van der Waals surface area (Å²) >= 11 is 0. The number of hydrogen-bond donors (Lipinski definition) is 0. The van der Waals surface area contributed by atoms with Gasteiger partial charge in [0.05, 0.1) is 5.56 Å². The van der Waals surface area contributed by atoms with Crippen LogP contribution in [0, 0.1) is 17.7 Å². The van der Waals surface area contributed by atoms with Crippen molar-refractivity contribution in [2.75, 3.05) is 26.2 Å². The molecule has 1 saturated heterocycles. The summed E-state index contributed by atoms with van der Waals surface area (Å²) < 4.78 is 53.9. The topological polar surface area (TPSA) is 23.6 Å². The Morgan fingerprint density at radius 2 is 1.72 bits per heavy atom. The van der Waals surface area contributed by atoms with E-state index >= 15 is 0 Å². The first-order valence-corrected chi connectivity index (χ1v) is 13.1. The van der Waals surface area contributed by atoms with Gasteiger partial charge in [0.25, 0.3) is 5.91 Å². The molecule has 196 valence electrons. The number of alkyl halides is 3. The summed E-state index contributed by atoms with van der Waals surface area (Å²) in [6, 6.07) is 11.1. The van der Waals surface area contributed by atoms with Crippen LogP contribution >= 0.6 is 0 Å². The van der Waals surface area contributed by atoms with Gasteiger partial charge in [-0.1, -0.05) is 37.5 Å². The molecule has 0 unspecified atom stereocenters. The molecule has 7 heteroatoms. The number of likely N-dealkylation sites (tertiary alicyclic amines) is 1. The van der Waals surface area contributed by atoms with E-state index in [1.54, 1.807) is 11.0 Å². The number of amides is 1. The lowest BCUT2D eigenvalue weighted by atomic mass is 9.87. The highest BCUT2D eigenvalue weighted by Gasteiger charge is 2.38. The second-order valence-corrected chi connectivity index (χ2v) is 10.8. The van der Waals surface area contributed by atoms with Crippen molar-refractivity contribution in [1.82, 2.24) is 9.80 Å². The van der Waals surface area contributed by atoms with Gasteiger partial charge in [-0.3, -0.25) is 4.79 Å². The number of nitrogens with zero attached hydrogens (tertiary/aromatic N) is 2. The van der Waals surface area contributed by atoms with E-state index in [-0.39, 0.29) is 23.8 Å². The van der Waals surface area contributed by atoms with Crippen molar-refractivity contribution in [2.45, 2.75) is 64.1 Å². The van der Waals surface area contributed by atoms with E-state index in [1.807, 2.05) is 13.8 Å². The third kappa shape index (κ3) is 6.47. The molecule has 1 saturated carbocycles. The summed E-state index contributed by atoms with van der Waals surface area (Å²) in [5, 5.41) is 0. The first kappa shape index (κ1) is 26.6. The Balaban J connectivity index is 1.58. The molecular weight excluding hydrogens is 468 g/mol. The maximum Gasteiger partial charge on any atom is 0.416 e. The molecule has 0 radical (unpaired) electrons. The fourth-order valence-electron chi connectivity index (χ4n) is 5.89. The lowest BCUT2D eigenvalue weighted by molar-refractivity contribution is -0.137. The van der Waals surface area contributed by atoms with Crippen LogP contribution in [0.3, 0.4) is 0 Å². The van der Waals surface area contributed by atoms with E-state index in [0.717, 1.165) is 19.2 Å². The normalized spacial score (nSPS) is 21.8. The van der Waals surface area contributed by atoms with E-state index in [9.17, 15) is 22.4 Å². The molecule has 0 spiro atoms. The lowest BCUT2D eigenvalue weighted by Gasteiger charge is -2.32. The van der Waals surface area contributed by atoms with Gasteiger partial charge in [0.1, 0.15) is 5.82 Å². The maximum absolute atomic E-state index is 13.5. The van der Waals surface area contributed by atoms with E-state index in [4.69, 9.17) is 0 Å². The van der Waals surface area contributed by atoms with Crippen LogP contribution in [0.4, 0.5) is 17.6 Å². The van der Waals surface area contributed by atoms with E-state index in [1.165, 1.54) is 68.5 Å². The van der Waals surface area contributed by atoms with Crippen molar-refractivity contribution in [3.05, 3.63) is 71.0 Å². The first-order chi connectivity index (χ1) is 17.1. The summed E-state index contributed by atoms with van der Waals surface area (Å²) in [6.45, 7) is 6.72. The maximum atomic E-state index is 13.5. The van der Waals surface area contributed by atoms with Gasteiger partial charge in [0, 0.05) is 43.7 Å². The minimum Gasteiger partial charge on any atom is -0.336 e. The molecule has 2 aliphatic rings. The fourth-order valence-corrected chi connectivity index (χ4v) is 5.89. The molecule has 1 aliphatic carbocycles. The molecule has 0 bridgehead atoms. The Morgan fingerprint density at radius 1 is 1.03 bits per heavy atom. The molecule has 36 heavy (non-hydrogen) atoms. The third-order valence-corrected chi connectivity index (χ3v) is 7.81. The van der Waals surface area contributed by atoms with Crippen molar-refractivity contribution in [1.29, 1.82) is 0 Å². The second-order valence-electron chi connectivity index (χ2n) is 10.8. The zero-order valence-corrected chi connectivity index (χ0v) is 21.1. The van der Waals surface area contributed by atoms with Gasteiger partial charge >= 0.3 is 6.18 Å². The highest BCUT2D eigenvalue weighted by molar-refractivity contribution is 5.94. The molecule has 3 nitrogen and oxygen atoms in total. The quantitative estimate of drug-likeness (QED) is 0.380. The number of halogens is 4. The molecule has 4 rings (SSSR count). The fraction of sp³-hybridized carbons (Fsp3) is 0.552. The summed E-state index contributed by atoms with van der Waals surface area (Å²) in [6.07, 6.45) is 1.78. The lowest BCUT2D eigenvalue weighted by Crippen LogP contribution is -2.42. The van der Waals surface area contributed by atoms with Crippen molar-refractivity contribution in [2.24, 2.45) is 11.8 Å². The van der Waals surface area contributed by atoms with Gasteiger partial charge in [-0.05, 0) is 74.4 Å². The van der Waals surface area contributed by atoms with Crippen molar-refractivity contribution in [3.63, 3.8) is 0 Å². The van der Waals surface area contributed by atoms with Gasteiger partial charge in [-0.15, -0.1) is 0 Å². The molecule has 1 amide bonds. The van der Waals surface area contributed by atoms with Crippen molar-refractivity contribution < 1.29 is 22.4 Å². The Bertz CT molecular complexity index is 1010. The summed E-state index contributed by atoms with van der Waals surface area (Å²) in [7, 11) is 0. The van der Waals surface area contributed by atoms with Gasteiger partial charge in [-0.25, -0.2) is 4.39 Å². The van der Waals surface area contributed by atoms with Crippen LogP contribution in [0.15, 0.2) is 48.5 Å². The van der Waals surface area contributed by atoms with Crippen LogP contribution in [0.1, 0.15) is 73.4 Å². The standard InChI is InChI=1S/C29H36F4N2O/c1-20(2)35(28(36)22-11-13-26(30)14-12-22)18-24-17-34(16-21-7-4-3-5-8-21)19-27(24)23-9-6-10-25(15-23)29(31,32)33/h6,9-15,20-21,24,27H,3-5,7-8,16-19H2,1-2H3/t24-,27+/m1/s1. The van der Waals surface area contributed by atoms with E-state index < -0.39 is 17.6 Å². The highest BCUT2D eigenvalue weighted by Crippen LogP contribution is 2.38. The van der Waals surface area contributed by atoms with Crippen LogP contribution in [0.5, 0.6) is 0 Å². The minimum atomic E-state index is -4.39. The van der Waals surface area contributed by atoms with Gasteiger partial charge in [0.15, 0.2) is 0 Å². The number of benzene rings is 2. The number of hydrogen-bond acceptors (Lipinski definition) is 2. The second kappa shape index (κ2) is 11.3. The molecule has 0 N–H and O–H groups in total. The predicted octanol–water partition coefficient (Wildman–Crippen LogP) is 6.99. The monoisotopic (exact) mass is 504 g/mol. The SMILES string of the molecule is CC(C)N(C[C@H]1CN(CC2CCCCC2)C[C@H]1c1cccc(C(F)(F)F)c1)C(=O)c1ccc(F)cc1. The summed E-state index contributed by atoms with van der Waals surface area (Å²) in [5.74, 6) is -0.0522. The molecule has 0 aromatic heterocycles. The van der Waals surface area contributed by atoms with Gasteiger partial charge in [-0.2, -0.15) is 13.2 Å². The number of carbonyl (C=O) groups excluding carboxylic acids is 1. The molecule has 2 aromatic carbocycles. The van der Waals surface area contributed by atoms with E-state index in [2.05, 4.69) is 4.90 Å². The number of rotatable bonds is 7. The van der Waals surface area contributed by atoms with Crippen LogP contribution < -0.4 is 0 Å². The van der Waals surface area contributed by atoms with Crippen LogP contribution in [0.25, 0.3) is 0 Å². The van der Waals surface area contributed by atoms with Crippen molar-refractivity contribution >= 4 is 5.91 Å². The Hall–Kier alpha value is -2.41. The van der Waals surface area contributed by atoms with Crippen LogP contribution in [-0.4, -0.2) is 47.9 Å². The Labute approximate surface area is 211 Å². The number of carbonyl (C=O) groups is 1. The molecule has 2 atom stereocenters. The van der Waals surface area contributed by atoms with Crippen LogP contribution in [-0.2, 0) is 6.18 Å². The molecule has 2 fully saturated rings. The first-order valence-electron chi connectivity index (χ1n) is 13.1. The summed E-state index contributed by atoms with van der Waals surface area (Å²) in [4.78, 5) is 17.5. The molecule has 1 aliphatic heterocycles. The Kier molecular flexibility index (Phi) is 8.38.